The fourth-order valence-corrected chi connectivity index (χ4v) is 4.59. The van der Waals surface area contributed by atoms with Crippen molar-refractivity contribution in [2.24, 2.45) is 0 Å². The third-order valence-electron chi connectivity index (χ3n) is 5.98. The Morgan fingerprint density at radius 1 is 1.30 bits per heavy atom. The second-order valence-electron chi connectivity index (χ2n) is 8.42. The number of fused-ring (bicyclic) bond motifs is 9. The van der Waals surface area contributed by atoms with Crippen molar-refractivity contribution in [3.63, 3.8) is 0 Å². The molecule has 5 rings (SSSR count). The Morgan fingerprint density at radius 2 is 2.15 bits per heavy atom. The molecule has 2 aliphatic rings. The minimum Gasteiger partial charge on any atom is -0.434 e. The van der Waals surface area contributed by atoms with Gasteiger partial charge in [-0.05, 0) is 44.2 Å². The van der Waals surface area contributed by atoms with Crippen molar-refractivity contribution in [2.45, 2.75) is 45.0 Å². The van der Waals surface area contributed by atoms with Gasteiger partial charge in [-0.3, -0.25) is 4.79 Å². The van der Waals surface area contributed by atoms with Crippen LogP contribution < -0.4 is 10.1 Å². The Hall–Kier alpha value is -3.44. The summed E-state index contributed by atoms with van der Waals surface area (Å²) in [7, 11) is 0. The number of hydrogen-bond donors (Lipinski definition) is 1. The van der Waals surface area contributed by atoms with Crippen LogP contribution in [0, 0.1) is 11.8 Å². The number of carbonyl (C=O) groups is 1. The van der Waals surface area contributed by atoms with Gasteiger partial charge in [0.1, 0.15) is 11.6 Å². The van der Waals surface area contributed by atoms with Crippen molar-refractivity contribution < 1.29 is 22.4 Å². The monoisotopic (exact) mass is 453 g/mol. The number of halogens is 2. The van der Waals surface area contributed by atoms with Crippen molar-refractivity contribution in [3.8, 4) is 17.6 Å². The number of carbonyl (C=O) groups excluding carboxylic acids is 1. The molecule has 0 aliphatic carbocycles. The molecule has 1 aromatic heterocycles. The molecule has 0 saturated heterocycles. The van der Waals surface area contributed by atoms with Crippen LogP contribution in [0.1, 0.15) is 63.8 Å². The maximum atomic E-state index is 13.4. The van der Waals surface area contributed by atoms with E-state index in [4.69, 9.17) is 8.85 Å². The molecule has 0 fully saturated rings. The average Bonchev–Trinajstić information content (AvgIpc) is 3.28. The summed E-state index contributed by atoms with van der Waals surface area (Å²) in [4.78, 5) is 19.0. The highest BCUT2D eigenvalue weighted by Crippen LogP contribution is 2.49. The molecule has 0 saturated carbocycles. The fraction of sp³-hybridized carbons (Fsp3) is 0.360. The Kier molecular flexibility index (Phi) is 4.46. The molecule has 1 N–H and O–H groups in total. The molecule has 33 heavy (non-hydrogen) atoms. The molecule has 0 radical (unpaired) electrons. The molecule has 2 bridgehead atoms. The van der Waals surface area contributed by atoms with Crippen LogP contribution in [0.15, 0.2) is 36.4 Å². The number of ether oxygens (including phenoxy) is 1. The lowest BCUT2D eigenvalue weighted by Crippen LogP contribution is -2.30. The van der Waals surface area contributed by atoms with Crippen LogP contribution in [0.5, 0.6) is 5.75 Å². The van der Waals surface area contributed by atoms with Crippen LogP contribution in [0.4, 0.5) is 8.78 Å². The van der Waals surface area contributed by atoms with Crippen LogP contribution in [0.3, 0.4) is 0 Å². The van der Waals surface area contributed by atoms with Crippen molar-refractivity contribution in [2.75, 3.05) is 13.5 Å². The first-order chi connectivity index (χ1) is 17.1. The third-order valence-corrected chi connectivity index (χ3v) is 5.98. The van der Waals surface area contributed by atoms with Crippen LogP contribution in [-0.2, 0) is 0 Å². The summed E-state index contributed by atoms with van der Waals surface area (Å²) in [5.41, 5.74) is 2.27. The summed E-state index contributed by atoms with van der Waals surface area (Å²) in [6, 6.07) is 8.51. The number of amides is 1. The number of nitrogens with zero attached hydrogens (tertiary/aromatic N) is 3. The van der Waals surface area contributed by atoms with E-state index < -0.39 is 31.6 Å². The Labute approximate surface area is 194 Å². The first-order valence-electron chi connectivity index (χ1n) is 12.2. The lowest BCUT2D eigenvalue weighted by atomic mass is 9.97. The van der Waals surface area contributed by atoms with Gasteiger partial charge in [0.25, 0.3) is 5.91 Å². The number of aromatic nitrogens is 2. The molecule has 6 nitrogen and oxygen atoms in total. The van der Waals surface area contributed by atoms with E-state index in [1.165, 1.54) is 18.2 Å². The maximum Gasteiger partial charge on any atom is 0.387 e. The highest BCUT2D eigenvalue weighted by atomic mass is 19.3. The van der Waals surface area contributed by atoms with Gasteiger partial charge in [-0.2, -0.15) is 8.78 Å². The summed E-state index contributed by atoms with van der Waals surface area (Å²) in [5.74, 6) is 5.65. The van der Waals surface area contributed by atoms with E-state index in [0.717, 1.165) is 10.5 Å². The van der Waals surface area contributed by atoms with Gasteiger partial charge in [0.15, 0.2) is 0 Å². The first-order valence-corrected chi connectivity index (χ1v) is 10.7. The molecule has 3 heterocycles. The Bertz CT molecular complexity index is 1410. The zero-order valence-corrected chi connectivity index (χ0v) is 18.1. The van der Waals surface area contributed by atoms with Gasteiger partial charge >= 0.3 is 6.61 Å². The van der Waals surface area contributed by atoms with Gasteiger partial charge in [0.2, 0.25) is 0 Å². The molecule has 3 aromatic rings. The number of imidazole rings is 1. The Morgan fingerprint density at radius 3 is 2.91 bits per heavy atom. The topological polar surface area (TPSA) is 59.4 Å². The molecule has 2 aliphatic heterocycles. The minimum atomic E-state index is -3.11. The zero-order chi connectivity index (χ0) is 25.8. The predicted molar refractivity (Wildman–Crippen MR) is 120 cm³/mol. The van der Waals surface area contributed by atoms with E-state index in [2.05, 4.69) is 22.1 Å². The summed E-state index contributed by atoms with van der Waals surface area (Å²) in [6.45, 7) is -1.29. The molecule has 2 aromatic carbocycles. The maximum absolute atomic E-state index is 13.4. The number of hydrogen-bond acceptors (Lipinski definition) is 4. The molecule has 170 valence electrons. The Balaban J connectivity index is 1.70. The second-order valence-corrected chi connectivity index (χ2v) is 8.42. The van der Waals surface area contributed by atoms with Gasteiger partial charge in [0, 0.05) is 40.2 Å². The minimum absolute atomic E-state index is 0.0278. The van der Waals surface area contributed by atoms with Crippen LogP contribution in [0.2, 0.25) is 0 Å². The van der Waals surface area contributed by atoms with Gasteiger partial charge in [0.05, 0.1) is 29.7 Å². The number of rotatable bonds is 4. The van der Waals surface area contributed by atoms with E-state index in [1.54, 1.807) is 6.07 Å². The highest BCUT2D eigenvalue weighted by molar-refractivity contribution is 5.97. The van der Waals surface area contributed by atoms with E-state index in [-0.39, 0.29) is 23.3 Å². The summed E-state index contributed by atoms with van der Waals surface area (Å²) in [6.07, 6.45) is 0.174. The summed E-state index contributed by atoms with van der Waals surface area (Å²) < 4.78 is 57.4. The zero-order valence-electron chi connectivity index (χ0n) is 21.1. The van der Waals surface area contributed by atoms with Crippen molar-refractivity contribution >= 4 is 16.9 Å². The molecule has 0 unspecified atom stereocenters. The van der Waals surface area contributed by atoms with Gasteiger partial charge < -0.3 is 19.5 Å². The summed E-state index contributed by atoms with van der Waals surface area (Å²) >= 11 is 0. The molecular formula is C25H24F2N4O2. The molecule has 2 atom stereocenters. The van der Waals surface area contributed by atoms with Crippen molar-refractivity contribution in [1.82, 2.24) is 19.8 Å². The quantitative estimate of drug-likeness (QED) is 0.604. The molecular weight excluding hydrogens is 426 g/mol. The van der Waals surface area contributed by atoms with Gasteiger partial charge in [-0.15, -0.1) is 0 Å². The van der Waals surface area contributed by atoms with Crippen LogP contribution in [-0.4, -0.2) is 46.5 Å². The average molecular weight is 454 g/mol. The SMILES string of the molecule is [2H]C([2H])([2H])N1C(=O)c2cccc(OC(F)F)c2[C@H]2C[C@@H]1c1nc3ccc(C#CCNC(C)C)cc3n12. The molecule has 8 heteroatoms. The number of benzene rings is 2. The molecule has 1 amide bonds. The largest absolute Gasteiger partial charge is 0.434 e. The lowest BCUT2D eigenvalue weighted by Gasteiger charge is -2.24. The normalized spacial score (nSPS) is 20.6. The predicted octanol–water partition coefficient (Wildman–Crippen LogP) is 4.11. The second kappa shape index (κ2) is 8.16. The first kappa shape index (κ1) is 18.0. The standard InChI is InChI=1S/C25H24F2N4O2/c1-14(2)28-11-5-6-15-9-10-17-18(12-15)31-19-13-20(23(31)29-17)30(3)24(32)16-7-4-8-21(22(16)19)33-25(26)27/h4,7-10,12,14,19-20,25,28H,11,13H2,1-3H3/t19-,20-/m1/s1/i3D3. The van der Waals surface area contributed by atoms with Gasteiger partial charge in [-0.25, -0.2) is 4.98 Å². The molecule has 0 spiro atoms. The van der Waals surface area contributed by atoms with E-state index in [0.29, 0.717) is 29.4 Å². The van der Waals surface area contributed by atoms with Gasteiger partial charge in [-0.1, -0.05) is 17.9 Å². The number of nitrogens with one attached hydrogen (secondary N) is 1. The third kappa shape index (κ3) is 3.62. The highest BCUT2D eigenvalue weighted by Gasteiger charge is 2.44. The smallest absolute Gasteiger partial charge is 0.387 e. The van der Waals surface area contributed by atoms with Crippen LogP contribution in [0.25, 0.3) is 11.0 Å². The van der Waals surface area contributed by atoms with E-state index >= 15 is 0 Å². The summed E-state index contributed by atoms with van der Waals surface area (Å²) in [5, 5.41) is 3.23. The van der Waals surface area contributed by atoms with Crippen LogP contribution >= 0.6 is 0 Å². The fourth-order valence-electron chi connectivity index (χ4n) is 4.59. The lowest BCUT2D eigenvalue weighted by molar-refractivity contribution is -0.0507. The van der Waals surface area contributed by atoms with E-state index in [9.17, 15) is 13.6 Å². The van der Waals surface area contributed by atoms with E-state index in [1.807, 2.05) is 30.5 Å². The van der Waals surface area contributed by atoms with Crippen molar-refractivity contribution in [1.29, 1.82) is 0 Å². The van der Waals surface area contributed by atoms with Crippen molar-refractivity contribution in [3.05, 3.63) is 58.9 Å². The number of alkyl halides is 2.